The van der Waals surface area contributed by atoms with E-state index in [0.717, 1.165) is 25.9 Å². The maximum Gasteiger partial charge on any atom is 0.222 e. The third-order valence-electron chi connectivity index (χ3n) is 4.00. The molecule has 0 aromatic heterocycles. The summed E-state index contributed by atoms with van der Waals surface area (Å²) in [5.74, 6) is 0.858. The average Bonchev–Trinajstić information content (AvgIpc) is 2.81. The van der Waals surface area contributed by atoms with E-state index in [0.29, 0.717) is 25.0 Å². The largest absolute Gasteiger partial charge is 0.370 e. The summed E-state index contributed by atoms with van der Waals surface area (Å²) in [5, 5.41) is 3.30. The first-order valence-corrected chi connectivity index (χ1v) is 7.60. The molecule has 0 aromatic rings. The van der Waals surface area contributed by atoms with E-state index in [1.807, 2.05) is 4.90 Å². The fourth-order valence-corrected chi connectivity index (χ4v) is 2.90. The fourth-order valence-electron chi connectivity index (χ4n) is 2.90. The molecule has 0 unspecified atom stereocenters. The van der Waals surface area contributed by atoms with Crippen LogP contribution in [0.3, 0.4) is 0 Å². The molecule has 1 heterocycles. The zero-order valence-corrected chi connectivity index (χ0v) is 11.7. The van der Waals surface area contributed by atoms with Crippen LogP contribution in [0.2, 0.25) is 0 Å². The molecule has 19 heavy (non-hydrogen) atoms. The van der Waals surface area contributed by atoms with Crippen molar-refractivity contribution in [2.24, 2.45) is 10.7 Å². The Morgan fingerprint density at radius 1 is 1.32 bits per heavy atom. The summed E-state index contributed by atoms with van der Waals surface area (Å²) in [4.78, 5) is 17.7. The van der Waals surface area contributed by atoms with Gasteiger partial charge < -0.3 is 16.0 Å². The van der Waals surface area contributed by atoms with E-state index in [-0.39, 0.29) is 5.91 Å². The first-order valence-electron chi connectivity index (χ1n) is 7.60. The number of hydrogen-bond donors (Lipinski definition) is 2. The van der Waals surface area contributed by atoms with E-state index in [9.17, 15) is 4.79 Å². The first-order chi connectivity index (χ1) is 9.25. The van der Waals surface area contributed by atoms with Gasteiger partial charge in [0.25, 0.3) is 0 Å². The summed E-state index contributed by atoms with van der Waals surface area (Å²) >= 11 is 0. The molecule has 0 spiro atoms. The highest BCUT2D eigenvalue weighted by molar-refractivity contribution is 5.78. The normalized spacial score (nSPS) is 22.0. The Kier molecular flexibility index (Phi) is 5.48. The van der Waals surface area contributed by atoms with Crippen molar-refractivity contribution in [1.82, 2.24) is 10.2 Å². The van der Waals surface area contributed by atoms with Crippen LogP contribution in [0, 0.1) is 0 Å². The number of carbonyl (C=O) groups excluding carboxylic acids is 1. The molecular weight excluding hydrogens is 240 g/mol. The van der Waals surface area contributed by atoms with Crippen molar-refractivity contribution < 1.29 is 4.79 Å². The molecule has 5 heteroatoms. The van der Waals surface area contributed by atoms with Crippen molar-refractivity contribution in [3.63, 3.8) is 0 Å². The number of nitrogens with two attached hydrogens (primary N) is 1. The van der Waals surface area contributed by atoms with E-state index >= 15 is 0 Å². The smallest absolute Gasteiger partial charge is 0.222 e. The Bertz CT molecular complexity index is 323. The Balaban J connectivity index is 1.60. The highest BCUT2D eigenvalue weighted by Crippen LogP contribution is 2.17. The van der Waals surface area contributed by atoms with Gasteiger partial charge in [0.1, 0.15) is 0 Å². The van der Waals surface area contributed by atoms with Crippen LogP contribution in [0.4, 0.5) is 0 Å². The predicted octanol–water partition coefficient (Wildman–Crippen LogP) is 1.24. The molecule has 1 aliphatic carbocycles. The Hall–Kier alpha value is -1.26. The number of nitrogens with zero attached hydrogens (tertiary/aromatic N) is 2. The van der Waals surface area contributed by atoms with Crippen LogP contribution in [0.15, 0.2) is 4.99 Å². The molecule has 2 fully saturated rings. The molecule has 0 radical (unpaired) electrons. The summed E-state index contributed by atoms with van der Waals surface area (Å²) in [6.07, 6.45) is 8.97. The van der Waals surface area contributed by atoms with Crippen molar-refractivity contribution in [3.05, 3.63) is 0 Å². The molecule has 1 aliphatic heterocycles. The molecule has 108 valence electrons. The number of carbonyl (C=O) groups is 1. The van der Waals surface area contributed by atoms with Gasteiger partial charge in [0.15, 0.2) is 5.96 Å². The number of hydrogen-bond acceptors (Lipinski definition) is 2. The molecule has 0 bridgehead atoms. The molecule has 1 amide bonds. The number of amides is 1. The van der Waals surface area contributed by atoms with Gasteiger partial charge >= 0.3 is 0 Å². The van der Waals surface area contributed by atoms with E-state index in [1.165, 1.54) is 32.1 Å². The minimum absolute atomic E-state index is 0.289. The molecule has 5 nitrogen and oxygen atoms in total. The molecule has 1 saturated heterocycles. The highest BCUT2D eigenvalue weighted by atomic mass is 16.2. The van der Waals surface area contributed by atoms with Gasteiger partial charge in [-0.2, -0.15) is 0 Å². The second-order valence-electron chi connectivity index (χ2n) is 5.58. The molecule has 0 aromatic carbocycles. The average molecular weight is 266 g/mol. The fraction of sp³-hybridized carbons (Fsp3) is 0.857. The highest BCUT2D eigenvalue weighted by Gasteiger charge is 2.18. The number of rotatable bonds is 5. The van der Waals surface area contributed by atoms with Crippen LogP contribution >= 0.6 is 0 Å². The molecule has 2 rings (SSSR count). The minimum Gasteiger partial charge on any atom is -0.370 e. The third kappa shape index (κ3) is 4.73. The third-order valence-corrected chi connectivity index (χ3v) is 4.00. The zero-order valence-electron chi connectivity index (χ0n) is 11.7. The van der Waals surface area contributed by atoms with E-state index < -0.39 is 0 Å². The quantitative estimate of drug-likeness (QED) is 0.447. The lowest BCUT2D eigenvalue weighted by Crippen LogP contribution is -2.41. The standard InChI is InChI=1S/C14H26N4O/c15-14(17-12-6-2-1-3-7-12)16-9-5-11-18-10-4-8-13(18)19/h12H,1-11H2,(H3,15,16,17). The van der Waals surface area contributed by atoms with Crippen LogP contribution < -0.4 is 11.1 Å². The van der Waals surface area contributed by atoms with Gasteiger partial charge in [-0.15, -0.1) is 0 Å². The monoisotopic (exact) mass is 266 g/mol. The number of aliphatic imine (C=N–C) groups is 1. The summed E-state index contributed by atoms with van der Waals surface area (Å²) in [6.45, 7) is 2.44. The lowest BCUT2D eigenvalue weighted by molar-refractivity contribution is -0.127. The number of likely N-dealkylation sites (tertiary alicyclic amines) is 1. The van der Waals surface area contributed by atoms with Crippen molar-refractivity contribution >= 4 is 11.9 Å². The summed E-state index contributed by atoms with van der Waals surface area (Å²) in [7, 11) is 0. The lowest BCUT2D eigenvalue weighted by atomic mass is 9.96. The van der Waals surface area contributed by atoms with Crippen molar-refractivity contribution in [2.45, 2.75) is 57.4 Å². The second-order valence-corrected chi connectivity index (χ2v) is 5.58. The van der Waals surface area contributed by atoms with Crippen LogP contribution in [-0.2, 0) is 4.79 Å². The zero-order chi connectivity index (χ0) is 13.5. The maximum absolute atomic E-state index is 11.4. The topological polar surface area (TPSA) is 70.7 Å². The molecule has 3 N–H and O–H groups in total. The Morgan fingerprint density at radius 3 is 2.79 bits per heavy atom. The molecule has 1 saturated carbocycles. The van der Waals surface area contributed by atoms with E-state index in [4.69, 9.17) is 5.73 Å². The maximum atomic E-state index is 11.4. The van der Waals surface area contributed by atoms with Gasteiger partial charge in [0.05, 0.1) is 0 Å². The van der Waals surface area contributed by atoms with Gasteiger partial charge in [0, 0.05) is 32.1 Å². The number of guanidine groups is 1. The van der Waals surface area contributed by atoms with Crippen molar-refractivity contribution in [1.29, 1.82) is 0 Å². The predicted molar refractivity (Wildman–Crippen MR) is 76.9 cm³/mol. The van der Waals surface area contributed by atoms with Crippen LogP contribution in [-0.4, -0.2) is 42.4 Å². The van der Waals surface area contributed by atoms with Crippen molar-refractivity contribution in [2.75, 3.05) is 19.6 Å². The van der Waals surface area contributed by atoms with Gasteiger partial charge in [0.2, 0.25) is 5.91 Å². The summed E-state index contributed by atoms with van der Waals surface area (Å²) < 4.78 is 0. The SMILES string of the molecule is NC(=NCCCN1CCCC1=O)NC1CCCCC1. The van der Waals surface area contributed by atoms with Gasteiger partial charge in [-0.25, -0.2) is 0 Å². The second kappa shape index (κ2) is 7.36. The number of nitrogens with one attached hydrogen (secondary N) is 1. The minimum atomic E-state index is 0.289. The van der Waals surface area contributed by atoms with Gasteiger partial charge in [-0.05, 0) is 25.7 Å². The van der Waals surface area contributed by atoms with E-state index in [1.54, 1.807) is 0 Å². The molecular formula is C14H26N4O. The van der Waals surface area contributed by atoms with Gasteiger partial charge in [-0.3, -0.25) is 9.79 Å². The van der Waals surface area contributed by atoms with Crippen LogP contribution in [0.25, 0.3) is 0 Å². The Morgan fingerprint density at radius 2 is 2.11 bits per heavy atom. The van der Waals surface area contributed by atoms with Crippen molar-refractivity contribution in [3.8, 4) is 0 Å². The van der Waals surface area contributed by atoms with Crippen LogP contribution in [0.5, 0.6) is 0 Å². The molecule has 0 atom stereocenters. The summed E-state index contributed by atoms with van der Waals surface area (Å²) in [6, 6.07) is 0.512. The summed E-state index contributed by atoms with van der Waals surface area (Å²) in [5.41, 5.74) is 5.88. The first kappa shape index (κ1) is 14.2. The van der Waals surface area contributed by atoms with Gasteiger partial charge in [-0.1, -0.05) is 19.3 Å². The Labute approximate surface area is 115 Å². The van der Waals surface area contributed by atoms with E-state index in [2.05, 4.69) is 10.3 Å². The lowest BCUT2D eigenvalue weighted by Gasteiger charge is -2.23. The van der Waals surface area contributed by atoms with Crippen LogP contribution in [0.1, 0.15) is 51.4 Å². The molecule has 2 aliphatic rings.